The summed E-state index contributed by atoms with van der Waals surface area (Å²) in [5.74, 6) is -0.715. The number of halogens is 2. The summed E-state index contributed by atoms with van der Waals surface area (Å²) >= 11 is 3.09. The standard InChI is InChI=1S/C15H15BrFNO3/c1-4-20-15(19)13-12(8(2)3)18-14(21-13)9-5-6-10(16)11(17)7-9/h5-8H,4H2,1-3H3. The summed E-state index contributed by atoms with van der Waals surface area (Å²) in [7, 11) is 0. The van der Waals surface area contributed by atoms with Crippen molar-refractivity contribution in [2.45, 2.75) is 26.7 Å². The molecule has 2 rings (SSSR count). The number of hydrogen-bond acceptors (Lipinski definition) is 4. The topological polar surface area (TPSA) is 52.3 Å². The molecular weight excluding hydrogens is 341 g/mol. The van der Waals surface area contributed by atoms with E-state index >= 15 is 0 Å². The SMILES string of the molecule is CCOC(=O)c1oc(-c2ccc(Br)c(F)c2)nc1C(C)C. The summed E-state index contributed by atoms with van der Waals surface area (Å²) in [5.41, 5.74) is 0.972. The molecule has 6 heteroatoms. The molecule has 0 aliphatic carbocycles. The zero-order valence-electron chi connectivity index (χ0n) is 11.9. The molecule has 1 aromatic heterocycles. The van der Waals surface area contributed by atoms with Crippen molar-refractivity contribution in [1.29, 1.82) is 0 Å². The second kappa shape index (κ2) is 6.39. The Morgan fingerprint density at radius 2 is 2.19 bits per heavy atom. The van der Waals surface area contributed by atoms with Crippen LogP contribution in [0.3, 0.4) is 0 Å². The first kappa shape index (κ1) is 15.7. The molecule has 2 aromatic rings. The van der Waals surface area contributed by atoms with E-state index < -0.39 is 11.8 Å². The number of oxazole rings is 1. The summed E-state index contributed by atoms with van der Waals surface area (Å²) < 4.78 is 24.4. The minimum absolute atomic E-state index is 0.0119. The zero-order valence-corrected chi connectivity index (χ0v) is 13.5. The van der Waals surface area contributed by atoms with Gasteiger partial charge in [0.15, 0.2) is 0 Å². The lowest BCUT2D eigenvalue weighted by molar-refractivity contribution is 0.0488. The molecule has 1 aromatic carbocycles. The second-order valence-corrected chi connectivity index (χ2v) is 5.59. The number of rotatable bonds is 4. The smallest absolute Gasteiger partial charge is 0.376 e. The lowest BCUT2D eigenvalue weighted by Crippen LogP contribution is -2.07. The first-order chi connectivity index (χ1) is 9.93. The Bertz CT molecular complexity index is 667. The van der Waals surface area contributed by atoms with Crippen LogP contribution in [0.15, 0.2) is 27.1 Å². The van der Waals surface area contributed by atoms with Crippen LogP contribution in [-0.4, -0.2) is 17.6 Å². The monoisotopic (exact) mass is 355 g/mol. The molecule has 0 saturated carbocycles. The van der Waals surface area contributed by atoms with Gasteiger partial charge in [0.2, 0.25) is 11.7 Å². The molecule has 0 bridgehead atoms. The maximum atomic E-state index is 13.6. The Balaban J connectivity index is 2.48. The van der Waals surface area contributed by atoms with Crippen molar-refractivity contribution in [3.63, 3.8) is 0 Å². The van der Waals surface area contributed by atoms with E-state index in [4.69, 9.17) is 9.15 Å². The molecule has 0 unspecified atom stereocenters. The van der Waals surface area contributed by atoms with E-state index in [0.29, 0.717) is 15.7 Å². The highest BCUT2D eigenvalue weighted by molar-refractivity contribution is 9.10. The number of esters is 1. The van der Waals surface area contributed by atoms with Crippen LogP contribution in [-0.2, 0) is 4.74 Å². The van der Waals surface area contributed by atoms with E-state index in [9.17, 15) is 9.18 Å². The fourth-order valence-corrected chi connectivity index (χ4v) is 2.07. The predicted molar refractivity (Wildman–Crippen MR) is 79.6 cm³/mol. The number of carbonyl (C=O) groups excluding carboxylic acids is 1. The zero-order chi connectivity index (χ0) is 15.6. The van der Waals surface area contributed by atoms with Crippen molar-refractivity contribution in [2.24, 2.45) is 0 Å². The van der Waals surface area contributed by atoms with Gasteiger partial charge in [-0.25, -0.2) is 14.2 Å². The van der Waals surface area contributed by atoms with Crippen LogP contribution in [0.2, 0.25) is 0 Å². The predicted octanol–water partition coefficient (Wildman–Crippen LogP) is 4.54. The van der Waals surface area contributed by atoms with E-state index in [2.05, 4.69) is 20.9 Å². The van der Waals surface area contributed by atoms with Gasteiger partial charge in [-0.05, 0) is 47.0 Å². The molecule has 0 aliphatic rings. The third kappa shape index (κ3) is 3.32. The van der Waals surface area contributed by atoms with Crippen molar-refractivity contribution in [3.8, 4) is 11.5 Å². The minimum atomic E-state index is -0.558. The Labute approximate surface area is 130 Å². The molecule has 21 heavy (non-hydrogen) atoms. The summed E-state index contributed by atoms with van der Waals surface area (Å²) in [6, 6.07) is 4.53. The van der Waals surface area contributed by atoms with Crippen molar-refractivity contribution >= 4 is 21.9 Å². The number of nitrogens with zero attached hydrogens (tertiary/aromatic N) is 1. The number of ether oxygens (including phenoxy) is 1. The fourth-order valence-electron chi connectivity index (χ4n) is 1.82. The maximum Gasteiger partial charge on any atom is 0.376 e. The third-order valence-corrected chi connectivity index (χ3v) is 3.47. The number of hydrogen-bond donors (Lipinski definition) is 0. The van der Waals surface area contributed by atoms with Crippen LogP contribution >= 0.6 is 15.9 Å². The maximum absolute atomic E-state index is 13.6. The molecule has 0 aliphatic heterocycles. The van der Waals surface area contributed by atoms with Crippen molar-refractivity contribution in [1.82, 2.24) is 4.98 Å². The highest BCUT2D eigenvalue weighted by Gasteiger charge is 2.24. The molecule has 0 amide bonds. The molecule has 112 valence electrons. The molecule has 1 heterocycles. The first-order valence-corrected chi connectivity index (χ1v) is 7.36. The molecule has 0 fully saturated rings. The van der Waals surface area contributed by atoms with E-state index in [-0.39, 0.29) is 24.2 Å². The van der Waals surface area contributed by atoms with E-state index in [1.165, 1.54) is 6.07 Å². The van der Waals surface area contributed by atoms with E-state index in [0.717, 1.165) is 0 Å². The number of aromatic nitrogens is 1. The first-order valence-electron chi connectivity index (χ1n) is 6.57. The Morgan fingerprint density at radius 1 is 1.48 bits per heavy atom. The molecular formula is C15H15BrFNO3. The van der Waals surface area contributed by atoms with Crippen LogP contribution in [0.5, 0.6) is 0 Å². The second-order valence-electron chi connectivity index (χ2n) is 4.74. The molecule has 0 spiro atoms. The number of carbonyl (C=O) groups is 1. The summed E-state index contributed by atoms with van der Waals surface area (Å²) in [4.78, 5) is 16.2. The quantitative estimate of drug-likeness (QED) is 0.755. The van der Waals surface area contributed by atoms with Gasteiger partial charge in [-0.3, -0.25) is 0 Å². The van der Waals surface area contributed by atoms with Gasteiger partial charge >= 0.3 is 5.97 Å². The largest absolute Gasteiger partial charge is 0.460 e. The van der Waals surface area contributed by atoms with E-state index in [1.807, 2.05) is 13.8 Å². The lowest BCUT2D eigenvalue weighted by Gasteiger charge is -2.02. The average Bonchev–Trinajstić information content (AvgIpc) is 2.87. The van der Waals surface area contributed by atoms with Crippen LogP contribution in [0.4, 0.5) is 4.39 Å². The lowest BCUT2D eigenvalue weighted by atomic mass is 10.1. The number of benzene rings is 1. The summed E-state index contributed by atoms with van der Waals surface area (Å²) in [6.07, 6.45) is 0. The van der Waals surface area contributed by atoms with Gasteiger partial charge in [-0.1, -0.05) is 13.8 Å². The van der Waals surface area contributed by atoms with Crippen molar-refractivity contribution in [2.75, 3.05) is 6.61 Å². The third-order valence-electron chi connectivity index (χ3n) is 2.83. The highest BCUT2D eigenvalue weighted by Crippen LogP contribution is 2.29. The average molecular weight is 356 g/mol. The van der Waals surface area contributed by atoms with Gasteiger partial charge in [-0.2, -0.15) is 0 Å². The fraction of sp³-hybridized carbons (Fsp3) is 0.333. The van der Waals surface area contributed by atoms with E-state index in [1.54, 1.807) is 19.1 Å². The molecule has 4 nitrogen and oxygen atoms in total. The Morgan fingerprint density at radius 3 is 2.76 bits per heavy atom. The normalized spacial score (nSPS) is 11.0. The Kier molecular flexibility index (Phi) is 4.77. The minimum Gasteiger partial charge on any atom is -0.460 e. The van der Waals surface area contributed by atoms with Crippen LogP contribution in [0.25, 0.3) is 11.5 Å². The summed E-state index contributed by atoms with van der Waals surface area (Å²) in [5, 5.41) is 0. The molecule has 0 saturated heterocycles. The van der Waals surface area contributed by atoms with Crippen LogP contribution in [0, 0.1) is 5.82 Å². The van der Waals surface area contributed by atoms with Gasteiger partial charge in [0, 0.05) is 5.56 Å². The Hall–Kier alpha value is -1.69. The van der Waals surface area contributed by atoms with Crippen LogP contribution < -0.4 is 0 Å². The van der Waals surface area contributed by atoms with Crippen molar-refractivity contribution in [3.05, 3.63) is 39.9 Å². The van der Waals surface area contributed by atoms with Gasteiger partial charge < -0.3 is 9.15 Å². The molecule has 0 N–H and O–H groups in total. The molecule has 0 radical (unpaired) electrons. The molecule has 0 atom stereocenters. The van der Waals surface area contributed by atoms with Gasteiger partial charge in [0.25, 0.3) is 0 Å². The van der Waals surface area contributed by atoms with Crippen LogP contribution in [0.1, 0.15) is 42.9 Å². The van der Waals surface area contributed by atoms with Crippen molar-refractivity contribution < 1.29 is 18.3 Å². The van der Waals surface area contributed by atoms with Gasteiger partial charge in [0.05, 0.1) is 16.8 Å². The summed E-state index contributed by atoms with van der Waals surface area (Å²) in [6.45, 7) is 5.76. The van der Waals surface area contributed by atoms with Gasteiger partial charge in [-0.15, -0.1) is 0 Å². The highest BCUT2D eigenvalue weighted by atomic mass is 79.9. The van der Waals surface area contributed by atoms with Gasteiger partial charge in [0.1, 0.15) is 5.82 Å².